The molecule has 0 aromatic heterocycles. The fourth-order valence-electron chi connectivity index (χ4n) is 7.82. The minimum Gasteiger partial charge on any atom is -0.396 e. The molecular weight excluding hydrogens is 340 g/mol. The van der Waals surface area contributed by atoms with Crippen LogP contribution in [0.1, 0.15) is 78.1 Å². The molecule has 0 spiro atoms. The minimum atomic E-state index is -0.726. The molecule has 0 radical (unpaired) electrons. The zero-order valence-electron chi connectivity index (χ0n) is 17.2. The summed E-state index contributed by atoms with van der Waals surface area (Å²) in [5.41, 5.74) is -0.896. The number of fused-ring (bicyclic) bond motifs is 5. The summed E-state index contributed by atoms with van der Waals surface area (Å²) in [5.74, 6) is 2.47. The van der Waals surface area contributed by atoms with Gasteiger partial charge in [0.2, 0.25) is 0 Å². The van der Waals surface area contributed by atoms with Crippen LogP contribution in [0.5, 0.6) is 0 Å². The average molecular weight is 379 g/mol. The van der Waals surface area contributed by atoms with Crippen LogP contribution in [0.3, 0.4) is 0 Å². The van der Waals surface area contributed by atoms with E-state index in [4.69, 9.17) is 4.74 Å². The number of ether oxygens (including phenoxy) is 1. The lowest BCUT2D eigenvalue weighted by Gasteiger charge is -2.63. The van der Waals surface area contributed by atoms with Gasteiger partial charge < -0.3 is 14.9 Å². The highest BCUT2D eigenvalue weighted by atomic mass is 16.5. The Balaban J connectivity index is 1.58. The number of Topliss-reactive ketones (excluding diaryl/α,β-unsaturated/α-hetero) is 1. The van der Waals surface area contributed by atoms with Gasteiger partial charge in [0.25, 0.3) is 0 Å². The Kier molecular flexibility index (Phi) is 5.22. The van der Waals surface area contributed by atoms with Crippen molar-refractivity contribution in [2.24, 2.45) is 34.5 Å². The molecule has 154 valence electrons. The molecule has 0 aromatic carbocycles. The summed E-state index contributed by atoms with van der Waals surface area (Å²) in [6.07, 6.45) is 9.70. The molecule has 4 heteroatoms. The summed E-state index contributed by atoms with van der Waals surface area (Å²) < 4.78 is 5.57. The zero-order valence-corrected chi connectivity index (χ0v) is 17.2. The second-order valence-corrected chi connectivity index (χ2v) is 10.4. The van der Waals surface area contributed by atoms with Crippen LogP contribution in [0.2, 0.25) is 0 Å². The fourth-order valence-corrected chi connectivity index (χ4v) is 7.82. The van der Waals surface area contributed by atoms with Crippen molar-refractivity contribution in [1.29, 1.82) is 0 Å². The summed E-state index contributed by atoms with van der Waals surface area (Å²) in [6.45, 7) is 5.50. The molecule has 0 aliphatic heterocycles. The molecule has 27 heavy (non-hydrogen) atoms. The Bertz CT molecular complexity index is 577. The SMILES string of the molecule is CCOC[C@@]1(O)CC[C@@]2(CO)[C@H](CC[C@@H]3[C@@H]2CC[C@]2(C)C(=O)CCC[C@@H]32)C1. The van der Waals surface area contributed by atoms with E-state index in [1.807, 2.05) is 6.92 Å². The first kappa shape index (κ1) is 19.8. The van der Waals surface area contributed by atoms with Gasteiger partial charge in [-0.1, -0.05) is 6.92 Å². The Morgan fingerprint density at radius 3 is 2.67 bits per heavy atom. The van der Waals surface area contributed by atoms with Gasteiger partial charge in [0.05, 0.1) is 12.2 Å². The van der Waals surface area contributed by atoms with Crippen molar-refractivity contribution in [2.75, 3.05) is 19.8 Å². The van der Waals surface area contributed by atoms with Crippen molar-refractivity contribution in [3.63, 3.8) is 0 Å². The van der Waals surface area contributed by atoms with Gasteiger partial charge in [-0.2, -0.15) is 0 Å². The van der Waals surface area contributed by atoms with E-state index >= 15 is 0 Å². The normalized spacial score (nSPS) is 49.9. The van der Waals surface area contributed by atoms with Crippen molar-refractivity contribution in [3.05, 3.63) is 0 Å². The topological polar surface area (TPSA) is 66.8 Å². The Hall–Kier alpha value is -0.450. The van der Waals surface area contributed by atoms with E-state index in [0.717, 1.165) is 57.8 Å². The van der Waals surface area contributed by atoms with E-state index in [9.17, 15) is 15.0 Å². The van der Waals surface area contributed by atoms with Gasteiger partial charge in [0.1, 0.15) is 5.78 Å². The third-order valence-corrected chi connectivity index (χ3v) is 9.33. The van der Waals surface area contributed by atoms with Crippen molar-refractivity contribution in [3.8, 4) is 0 Å². The Morgan fingerprint density at radius 2 is 1.93 bits per heavy atom. The highest BCUT2D eigenvalue weighted by molar-refractivity contribution is 5.85. The number of aliphatic hydroxyl groups excluding tert-OH is 1. The van der Waals surface area contributed by atoms with E-state index in [2.05, 4.69) is 6.92 Å². The molecule has 0 amide bonds. The molecule has 4 aliphatic rings. The minimum absolute atomic E-state index is 0.0524. The highest BCUT2D eigenvalue weighted by Crippen LogP contribution is 2.65. The number of ketones is 1. The van der Waals surface area contributed by atoms with Crippen LogP contribution in [-0.4, -0.2) is 41.4 Å². The van der Waals surface area contributed by atoms with Gasteiger partial charge in [-0.25, -0.2) is 0 Å². The standard InChI is InChI=1S/C23H38O4/c1-3-27-15-22(26)11-12-23(14-24)16(13-22)7-8-17-18-5-4-6-20(25)21(18,2)10-9-19(17)23/h16-19,24,26H,3-15H2,1-2H3/t16-,17+,18+,19+,21+,22-,23-/m1/s1. The first-order valence-corrected chi connectivity index (χ1v) is 11.3. The summed E-state index contributed by atoms with van der Waals surface area (Å²) in [4.78, 5) is 12.7. The molecule has 4 fully saturated rings. The van der Waals surface area contributed by atoms with Crippen molar-refractivity contribution >= 4 is 5.78 Å². The molecule has 0 unspecified atom stereocenters. The van der Waals surface area contributed by atoms with Crippen molar-refractivity contribution in [1.82, 2.24) is 0 Å². The molecule has 4 aliphatic carbocycles. The van der Waals surface area contributed by atoms with E-state index in [1.54, 1.807) is 0 Å². The first-order valence-electron chi connectivity index (χ1n) is 11.3. The molecule has 4 nitrogen and oxygen atoms in total. The van der Waals surface area contributed by atoms with Gasteiger partial charge in [-0.3, -0.25) is 4.79 Å². The summed E-state index contributed by atoms with van der Waals surface area (Å²) >= 11 is 0. The number of hydrogen-bond acceptors (Lipinski definition) is 4. The lowest BCUT2D eigenvalue weighted by Crippen LogP contribution is -2.60. The van der Waals surface area contributed by atoms with E-state index in [0.29, 0.717) is 42.7 Å². The number of aliphatic hydroxyl groups is 2. The number of rotatable bonds is 4. The van der Waals surface area contributed by atoms with Crippen LogP contribution in [-0.2, 0) is 9.53 Å². The maximum absolute atomic E-state index is 12.7. The highest BCUT2D eigenvalue weighted by Gasteiger charge is 2.61. The molecule has 4 rings (SSSR count). The first-order chi connectivity index (χ1) is 12.9. The van der Waals surface area contributed by atoms with Crippen LogP contribution in [0.4, 0.5) is 0 Å². The Labute approximate surface area is 164 Å². The summed E-state index contributed by atoms with van der Waals surface area (Å²) in [7, 11) is 0. The molecule has 2 N–H and O–H groups in total. The molecule has 7 atom stereocenters. The van der Waals surface area contributed by atoms with E-state index < -0.39 is 5.60 Å². The van der Waals surface area contributed by atoms with Crippen molar-refractivity contribution < 1.29 is 19.7 Å². The number of carbonyl (C=O) groups excluding carboxylic acids is 1. The Morgan fingerprint density at radius 1 is 1.11 bits per heavy atom. The fraction of sp³-hybridized carbons (Fsp3) is 0.957. The number of hydrogen-bond donors (Lipinski definition) is 2. The predicted molar refractivity (Wildman–Crippen MR) is 104 cm³/mol. The van der Waals surface area contributed by atoms with Gasteiger partial charge in [-0.05, 0) is 93.8 Å². The number of carbonyl (C=O) groups is 1. The molecule has 0 saturated heterocycles. The molecule has 0 bridgehead atoms. The summed E-state index contributed by atoms with van der Waals surface area (Å²) in [6, 6.07) is 0. The largest absolute Gasteiger partial charge is 0.396 e. The molecule has 0 aromatic rings. The van der Waals surface area contributed by atoms with Crippen LogP contribution in [0.25, 0.3) is 0 Å². The van der Waals surface area contributed by atoms with Gasteiger partial charge in [0.15, 0.2) is 0 Å². The van der Waals surface area contributed by atoms with Crippen LogP contribution >= 0.6 is 0 Å². The third kappa shape index (κ3) is 3.02. The molecular formula is C23H38O4. The van der Waals surface area contributed by atoms with Gasteiger partial charge in [0, 0.05) is 25.0 Å². The van der Waals surface area contributed by atoms with Crippen LogP contribution in [0.15, 0.2) is 0 Å². The molecule has 0 heterocycles. The van der Waals surface area contributed by atoms with Gasteiger partial charge >= 0.3 is 0 Å². The lowest BCUT2D eigenvalue weighted by atomic mass is 9.42. The lowest BCUT2D eigenvalue weighted by molar-refractivity contribution is -0.189. The van der Waals surface area contributed by atoms with Crippen LogP contribution < -0.4 is 0 Å². The molecule has 4 saturated carbocycles. The monoisotopic (exact) mass is 378 g/mol. The van der Waals surface area contributed by atoms with E-state index in [1.165, 1.54) is 6.42 Å². The quantitative estimate of drug-likeness (QED) is 0.782. The van der Waals surface area contributed by atoms with Crippen LogP contribution in [0, 0.1) is 34.5 Å². The van der Waals surface area contributed by atoms with Gasteiger partial charge in [-0.15, -0.1) is 0 Å². The van der Waals surface area contributed by atoms with Crippen molar-refractivity contribution in [2.45, 2.75) is 83.7 Å². The van der Waals surface area contributed by atoms with E-state index in [-0.39, 0.29) is 17.4 Å². The maximum Gasteiger partial charge on any atom is 0.139 e. The maximum atomic E-state index is 12.7. The third-order valence-electron chi connectivity index (χ3n) is 9.33. The smallest absolute Gasteiger partial charge is 0.139 e. The zero-order chi connectivity index (χ0) is 19.3. The second kappa shape index (κ2) is 7.11. The summed E-state index contributed by atoms with van der Waals surface area (Å²) in [5, 5.41) is 21.7. The predicted octanol–water partition coefficient (Wildman–Crippen LogP) is 3.73. The second-order valence-electron chi connectivity index (χ2n) is 10.4. The average Bonchev–Trinajstić information content (AvgIpc) is 2.67.